The van der Waals surface area contributed by atoms with E-state index >= 15 is 0 Å². The van der Waals surface area contributed by atoms with E-state index in [1.54, 1.807) is 25.1 Å². The molecule has 148 valence electrons. The molecule has 0 N–H and O–H groups in total. The van der Waals surface area contributed by atoms with Crippen LogP contribution in [0.25, 0.3) is 5.69 Å². The van der Waals surface area contributed by atoms with E-state index in [2.05, 4.69) is 21.7 Å². The van der Waals surface area contributed by atoms with Crippen LogP contribution in [0.5, 0.6) is 0 Å². The molecule has 0 bridgehead atoms. The molecule has 1 heterocycles. The number of ether oxygens (including phenoxy) is 4. The van der Waals surface area contributed by atoms with Crippen molar-refractivity contribution in [3.63, 3.8) is 0 Å². The highest BCUT2D eigenvalue weighted by Crippen LogP contribution is 2.24. The second kappa shape index (κ2) is 13.4. The van der Waals surface area contributed by atoms with Crippen molar-refractivity contribution in [2.45, 2.75) is 25.1 Å². The molecule has 0 fully saturated rings. The second-order valence-electron chi connectivity index (χ2n) is 5.62. The van der Waals surface area contributed by atoms with Gasteiger partial charge in [-0.05, 0) is 19.4 Å². The van der Waals surface area contributed by atoms with Crippen LogP contribution >= 0.6 is 11.8 Å². The van der Waals surface area contributed by atoms with Crippen molar-refractivity contribution in [1.29, 1.82) is 0 Å². The minimum absolute atomic E-state index is 0.308. The lowest BCUT2D eigenvalue weighted by Crippen LogP contribution is -2.07. The highest BCUT2D eigenvalue weighted by molar-refractivity contribution is 7.99. The predicted molar refractivity (Wildman–Crippen MR) is 107 cm³/mol. The van der Waals surface area contributed by atoms with Crippen molar-refractivity contribution in [3.8, 4) is 5.69 Å². The monoisotopic (exact) mass is 392 g/mol. The third-order valence-electron chi connectivity index (χ3n) is 3.59. The smallest absolute Gasteiger partial charge is 0.172 e. The van der Waals surface area contributed by atoms with Crippen LogP contribution in [-0.2, 0) is 25.6 Å². The Morgan fingerprint density at radius 3 is 2.85 bits per heavy atom. The Morgan fingerprint density at radius 2 is 2.00 bits per heavy atom. The summed E-state index contributed by atoms with van der Waals surface area (Å²) < 4.78 is 23.3. The second-order valence-corrected chi connectivity index (χ2v) is 6.68. The number of hydrogen-bond acceptors (Lipinski definition) is 6. The van der Waals surface area contributed by atoms with Gasteiger partial charge in [-0.1, -0.05) is 36.0 Å². The summed E-state index contributed by atoms with van der Waals surface area (Å²) in [5.41, 5.74) is 2.21. The van der Waals surface area contributed by atoms with E-state index in [4.69, 9.17) is 18.9 Å². The molecule has 2 rings (SSSR count). The number of aromatic nitrogens is 2. The molecule has 0 aliphatic rings. The first-order valence-electron chi connectivity index (χ1n) is 8.98. The van der Waals surface area contributed by atoms with Crippen LogP contribution in [0.3, 0.4) is 0 Å². The van der Waals surface area contributed by atoms with Crippen LogP contribution in [0.4, 0.5) is 0 Å². The Bertz CT molecular complexity index is 676. The topological polar surface area (TPSA) is 54.7 Å². The Morgan fingerprint density at radius 1 is 1.15 bits per heavy atom. The Kier molecular flexibility index (Phi) is 10.7. The number of hydrogen-bond donors (Lipinski definition) is 0. The number of imidazole rings is 1. The van der Waals surface area contributed by atoms with Crippen LogP contribution in [0.1, 0.15) is 18.9 Å². The average Bonchev–Trinajstić information content (AvgIpc) is 3.15. The zero-order valence-electron chi connectivity index (χ0n) is 16.0. The van der Waals surface area contributed by atoms with Gasteiger partial charge in [-0.15, -0.1) is 0 Å². The number of para-hydroxylation sites is 1. The highest BCUT2D eigenvalue weighted by Gasteiger charge is 2.09. The van der Waals surface area contributed by atoms with E-state index < -0.39 is 0 Å². The molecule has 0 unspecified atom stereocenters. The molecule has 0 saturated carbocycles. The van der Waals surface area contributed by atoms with Gasteiger partial charge in [0.15, 0.2) is 5.16 Å². The first-order chi connectivity index (χ1) is 13.4. The summed E-state index contributed by atoms with van der Waals surface area (Å²) in [7, 11) is 1.65. The molecule has 2 aromatic rings. The van der Waals surface area contributed by atoms with Gasteiger partial charge >= 0.3 is 0 Å². The molecule has 0 saturated heterocycles. The molecule has 6 nitrogen and oxygen atoms in total. The van der Waals surface area contributed by atoms with Gasteiger partial charge in [0.05, 0.1) is 31.8 Å². The lowest BCUT2D eigenvalue weighted by atomic mass is 10.2. The minimum Gasteiger partial charge on any atom is -0.497 e. The number of methoxy groups -OCH3 is 1. The van der Waals surface area contributed by atoms with Crippen LogP contribution in [0, 0.1) is 0 Å². The van der Waals surface area contributed by atoms with E-state index in [9.17, 15) is 0 Å². The van der Waals surface area contributed by atoms with Gasteiger partial charge in [0.1, 0.15) is 13.4 Å². The Labute approximate surface area is 165 Å². The van der Waals surface area contributed by atoms with Gasteiger partial charge in [0.2, 0.25) is 0 Å². The molecule has 1 aromatic heterocycles. The molecule has 0 atom stereocenters. The summed E-state index contributed by atoms with van der Waals surface area (Å²) in [6, 6.07) is 8.21. The number of thioether (sulfide) groups is 1. The van der Waals surface area contributed by atoms with Crippen molar-refractivity contribution >= 4 is 11.8 Å². The molecular weight excluding hydrogens is 364 g/mol. The standard InChI is InChI=1S/C20H28N2O4S/c1-3-11-24-16-18-7-4-5-8-19(18)22-10-9-21-20(22)27-15-6-12-25-17-26-14-13-23-2/h3-5,7-11H,6,12-17H2,1-2H3. The molecule has 0 aliphatic carbocycles. The van der Waals surface area contributed by atoms with Gasteiger partial charge in [-0.2, -0.15) is 0 Å². The minimum atomic E-state index is 0.308. The number of rotatable bonds is 14. The predicted octanol–water partition coefficient (Wildman–Crippen LogP) is 4.04. The molecule has 27 heavy (non-hydrogen) atoms. The Balaban J connectivity index is 1.80. The van der Waals surface area contributed by atoms with E-state index in [1.165, 1.54) is 0 Å². The normalized spacial score (nSPS) is 11.3. The fraction of sp³-hybridized carbons (Fsp3) is 0.450. The van der Waals surface area contributed by atoms with Gasteiger partial charge in [0, 0.05) is 30.8 Å². The lowest BCUT2D eigenvalue weighted by Gasteiger charge is -2.12. The fourth-order valence-electron chi connectivity index (χ4n) is 2.33. The van der Waals surface area contributed by atoms with Gasteiger partial charge in [-0.3, -0.25) is 4.57 Å². The maximum Gasteiger partial charge on any atom is 0.172 e. The number of allylic oxidation sites excluding steroid dienone is 1. The lowest BCUT2D eigenvalue weighted by molar-refractivity contribution is -0.0651. The van der Waals surface area contributed by atoms with Gasteiger partial charge in [0.25, 0.3) is 0 Å². The summed E-state index contributed by atoms with van der Waals surface area (Å²) >= 11 is 1.71. The van der Waals surface area contributed by atoms with Gasteiger partial charge < -0.3 is 18.9 Å². The first kappa shape index (κ1) is 21.5. The summed E-state index contributed by atoms with van der Waals surface area (Å²) in [5, 5.41) is 0.963. The van der Waals surface area contributed by atoms with E-state index in [-0.39, 0.29) is 0 Å². The fourth-order valence-corrected chi connectivity index (χ4v) is 3.20. The Hall–Kier alpha value is -1.80. The van der Waals surface area contributed by atoms with Crippen LogP contribution < -0.4 is 0 Å². The van der Waals surface area contributed by atoms with E-state index in [1.807, 2.05) is 37.5 Å². The third-order valence-corrected chi connectivity index (χ3v) is 4.64. The maximum atomic E-state index is 5.55. The number of nitrogens with zero attached hydrogens (tertiary/aromatic N) is 2. The molecule has 0 aliphatic heterocycles. The van der Waals surface area contributed by atoms with Crippen molar-refractivity contribution in [2.24, 2.45) is 0 Å². The zero-order valence-corrected chi connectivity index (χ0v) is 16.8. The summed E-state index contributed by atoms with van der Waals surface area (Å²) in [6.45, 7) is 4.57. The van der Waals surface area contributed by atoms with Crippen molar-refractivity contribution < 1.29 is 18.9 Å². The van der Waals surface area contributed by atoms with Gasteiger partial charge in [-0.25, -0.2) is 4.98 Å². The average molecular weight is 393 g/mol. The summed E-state index contributed by atoms with van der Waals surface area (Å²) in [4.78, 5) is 4.49. The van der Waals surface area contributed by atoms with Crippen LogP contribution in [-0.4, -0.2) is 49.0 Å². The van der Waals surface area contributed by atoms with Crippen molar-refractivity contribution in [1.82, 2.24) is 9.55 Å². The quantitative estimate of drug-likeness (QED) is 0.209. The van der Waals surface area contributed by atoms with Crippen molar-refractivity contribution in [2.75, 3.05) is 39.5 Å². The van der Waals surface area contributed by atoms with Crippen LogP contribution in [0.15, 0.2) is 54.2 Å². The number of benzene rings is 1. The van der Waals surface area contributed by atoms with E-state index in [0.717, 1.165) is 28.6 Å². The molecule has 0 amide bonds. The molecular formula is C20H28N2O4S. The van der Waals surface area contributed by atoms with Crippen molar-refractivity contribution in [3.05, 3.63) is 54.6 Å². The molecule has 0 spiro atoms. The molecule has 1 aromatic carbocycles. The highest BCUT2D eigenvalue weighted by atomic mass is 32.2. The SMILES string of the molecule is CC=COCc1ccccc1-n1ccnc1SCCCOCOCCOC. The summed E-state index contributed by atoms with van der Waals surface area (Å²) in [5.74, 6) is 0.923. The largest absolute Gasteiger partial charge is 0.497 e. The van der Waals surface area contributed by atoms with E-state index in [0.29, 0.717) is 33.2 Å². The molecule has 0 radical (unpaired) electrons. The molecule has 7 heteroatoms. The zero-order chi connectivity index (χ0) is 19.2. The third kappa shape index (κ3) is 7.76. The van der Waals surface area contributed by atoms with Crippen LogP contribution in [0.2, 0.25) is 0 Å². The summed E-state index contributed by atoms with van der Waals surface area (Å²) in [6.07, 6.45) is 8.32. The maximum absolute atomic E-state index is 5.55. The first-order valence-corrected chi connectivity index (χ1v) is 9.97.